The van der Waals surface area contributed by atoms with E-state index in [0.29, 0.717) is 5.92 Å². The highest BCUT2D eigenvalue weighted by Crippen LogP contribution is 2.15. The van der Waals surface area contributed by atoms with Crippen LogP contribution in [-0.2, 0) is 24.8 Å². The van der Waals surface area contributed by atoms with Gasteiger partial charge in [0.2, 0.25) is 0 Å². The van der Waals surface area contributed by atoms with Gasteiger partial charge in [0, 0.05) is 52.5 Å². The maximum Gasteiger partial charge on any atom is 0.150 e. The van der Waals surface area contributed by atoms with Crippen LogP contribution in [0.3, 0.4) is 0 Å². The van der Waals surface area contributed by atoms with Crippen LogP contribution >= 0.6 is 0 Å². The molecule has 24 heavy (non-hydrogen) atoms. The van der Waals surface area contributed by atoms with Gasteiger partial charge in [-0.05, 0) is 18.6 Å². The molecule has 1 aliphatic rings. The molecule has 1 fully saturated rings. The van der Waals surface area contributed by atoms with E-state index in [1.807, 2.05) is 44.5 Å². The molecule has 0 radical (unpaired) electrons. The van der Waals surface area contributed by atoms with Crippen LogP contribution < -0.4 is 4.90 Å². The molecule has 0 unspecified atom stereocenters. The number of nitrogens with zero attached hydrogens (tertiary/aromatic N) is 6. The number of hydrogen-bond acceptors (Lipinski definition) is 6. The summed E-state index contributed by atoms with van der Waals surface area (Å²) in [5.74, 6) is 2.39. The summed E-state index contributed by atoms with van der Waals surface area (Å²) in [6.07, 6.45) is 4.73. The predicted molar refractivity (Wildman–Crippen MR) is 92.9 cm³/mol. The van der Waals surface area contributed by atoms with E-state index < -0.39 is 0 Å². The first-order valence-corrected chi connectivity index (χ1v) is 8.38. The topological polar surface area (TPSA) is 59.3 Å². The summed E-state index contributed by atoms with van der Waals surface area (Å²) >= 11 is 0. The fourth-order valence-corrected chi connectivity index (χ4v) is 2.96. The largest absolute Gasteiger partial charge is 0.380 e. The van der Waals surface area contributed by atoms with Crippen molar-refractivity contribution >= 4 is 5.82 Å². The minimum Gasteiger partial charge on any atom is -0.380 e. The Morgan fingerprint density at radius 2 is 2.17 bits per heavy atom. The van der Waals surface area contributed by atoms with Gasteiger partial charge in [-0.15, -0.1) is 5.10 Å². The Balaban J connectivity index is 1.61. The van der Waals surface area contributed by atoms with Crippen LogP contribution in [0.1, 0.15) is 11.5 Å². The molecule has 2 aromatic rings. The van der Waals surface area contributed by atoms with E-state index in [2.05, 4.69) is 30.7 Å². The van der Waals surface area contributed by atoms with Gasteiger partial charge in [0.25, 0.3) is 0 Å². The lowest BCUT2D eigenvalue weighted by Gasteiger charge is -2.22. The lowest BCUT2D eigenvalue weighted by molar-refractivity contribution is 0.121. The van der Waals surface area contributed by atoms with Crippen molar-refractivity contribution < 1.29 is 4.74 Å². The van der Waals surface area contributed by atoms with Gasteiger partial charge < -0.3 is 14.2 Å². The van der Waals surface area contributed by atoms with Crippen LogP contribution in [0.2, 0.25) is 0 Å². The van der Waals surface area contributed by atoms with Crippen molar-refractivity contribution in [2.45, 2.75) is 13.0 Å². The summed E-state index contributed by atoms with van der Waals surface area (Å²) in [6.45, 7) is 4.33. The molecule has 1 saturated heterocycles. The molecule has 1 atom stereocenters. The van der Waals surface area contributed by atoms with Crippen molar-refractivity contribution in [1.82, 2.24) is 24.6 Å². The fourth-order valence-electron chi connectivity index (χ4n) is 2.96. The number of imidazole rings is 1. The Morgan fingerprint density at radius 1 is 1.29 bits per heavy atom. The number of aryl methyl sites for hydroxylation is 1. The number of anilines is 1. The average molecular weight is 330 g/mol. The zero-order valence-electron chi connectivity index (χ0n) is 14.7. The van der Waals surface area contributed by atoms with Crippen LogP contribution in [0.15, 0.2) is 24.5 Å². The van der Waals surface area contributed by atoms with Crippen molar-refractivity contribution in [2.24, 2.45) is 13.0 Å². The molecule has 3 heterocycles. The lowest BCUT2D eigenvalue weighted by Crippen LogP contribution is -2.31. The quantitative estimate of drug-likeness (QED) is 0.814. The molecule has 0 spiro atoms. The van der Waals surface area contributed by atoms with E-state index in [4.69, 9.17) is 4.74 Å². The smallest absolute Gasteiger partial charge is 0.150 e. The SMILES string of the molecule is CN(C)c1ccc(C[C@H]2COCCN(Cc3nccn3C)C2)nn1. The maximum absolute atomic E-state index is 5.80. The molecule has 7 nitrogen and oxygen atoms in total. The lowest BCUT2D eigenvalue weighted by atomic mass is 10.0. The molecule has 130 valence electrons. The number of rotatable bonds is 5. The molecule has 3 rings (SSSR count). The predicted octanol–water partition coefficient (Wildman–Crippen LogP) is 0.967. The summed E-state index contributed by atoms with van der Waals surface area (Å²) in [6, 6.07) is 4.09. The fraction of sp³-hybridized carbons (Fsp3) is 0.588. The number of aromatic nitrogens is 4. The molecule has 0 saturated carbocycles. The highest BCUT2D eigenvalue weighted by Gasteiger charge is 2.21. The van der Waals surface area contributed by atoms with E-state index in [0.717, 1.165) is 56.6 Å². The second-order valence-electron chi connectivity index (χ2n) is 6.61. The molecular formula is C17H26N6O. The van der Waals surface area contributed by atoms with E-state index in [1.165, 1.54) is 0 Å². The minimum absolute atomic E-state index is 0.423. The minimum atomic E-state index is 0.423. The molecular weight excluding hydrogens is 304 g/mol. The van der Waals surface area contributed by atoms with Crippen molar-refractivity contribution in [1.29, 1.82) is 0 Å². The summed E-state index contributed by atoms with van der Waals surface area (Å²) in [7, 11) is 5.98. The van der Waals surface area contributed by atoms with Crippen LogP contribution in [0.25, 0.3) is 0 Å². The van der Waals surface area contributed by atoms with E-state index in [9.17, 15) is 0 Å². The van der Waals surface area contributed by atoms with E-state index in [-0.39, 0.29) is 0 Å². The van der Waals surface area contributed by atoms with Crippen molar-refractivity contribution in [2.75, 3.05) is 45.3 Å². The molecule has 0 bridgehead atoms. The molecule has 2 aromatic heterocycles. The van der Waals surface area contributed by atoms with Gasteiger partial charge in [-0.25, -0.2) is 4.98 Å². The van der Waals surface area contributed by atoms with Gasteiger partial charge in [0.1, 0.15) is 5.82 Å². The van der Waals surface area contributed by atoms with E-state index in [1.54, 1.807) is 0 Å². The Bertz CT molecular complexity index is 639. The zero-order chi connectivity index (χ0) is 16.9. The Morgan fingerprint density at radius 3 is 2.83 bits per heavy atom. The van der Waals surface area contributed by atoms with Crippen molar-refractivity contribution in [3.05, 3.63) is 36.0 Å². The van der Waals surface area contributed by atoms with Gasteiger partial charge >= 0.3 is 0 Å². The van der Waals surface area contributed by atoms with Crippen LogP contribution in [-0.4, -0.2) is 65.0 Å². The summed E-state index contributed by atoms with van der Waals surface area (Å²) < 4.78 is 7.87. The van der Waals surface area contributed by atoms with Crippen LogP contribution in [0.5, 0.6) is 0 Å². The van der Waals surface area contributed by atoms with Gasteiger partial charge in [-0.3, -0.25) is 4.90 Å². The molecule has 1 aliphatic heterocycles. The third-order valence-electron chi connectivity index (χ3n) is 4.37. The van der Waals surface area contributed by atoms with Gasteiger partial charge in [0.15, 0.2) is 5.82 Å². The molecule has 0 aromatic carbocycles. The third kappa shape index (κ3) is 4.30. The maximum atomic E-state index is 5.80. The second-order valence-corrected chi connectivity index (χ2v) is 6.61. The van der Waals surface area contributed by atoms with Gasteiger partial charge in [-0.2, -0.15) is 5.10 Å². The summed E-state index contributed by atoms with van der Waals surface area (Å²) in [4.78, 5) is 8.81. The number of hydrogen-bond donors (Lipinski definition) is 0. The highest BCUT2D eigenvalue weighted by molar-refractivity contribution is 5.34. The standard InChI is InChI=1S/C17H26N6O/c1-21(2)16-5-4-15(19-20-16)10-14-11-23(8-9-24-13-14)12-17-18-6-7-22(17)3/h4-7,14H,8-13H2,1-3H3/t14-/m1/s1. The molecule has 0 aliphatic carbocycles. The molecule has 0 amide bonds. The monoisotopic (exact) mass is 330 g/mol. The molecule has 7 heteroatoms. The first-order valence-electron chi connectivity index (χ1n) is 8.38. The Hall–Kier alpha value is -1.99. The Kier molecular flexibility index (Phi) is 5.42. The number of ether oxygens (including phenoxy) is 1. The van der Waals surface area contributed by atoms with Gasteiger partial charge in [-0.1, -0.05) is 0 Å². The zero-order valence-corrected chi connectivity index (χ0v) is 14.7. The van der Waals surface area contributed by atoms with Crippen molar-refractivity contribution in [3.63, 3.8) is 0 Å². The van der Waals surface area contributed by atoms with Crippen molar-refractivity contribution in [3.8, 4) is 0 Å². The van der Waals surface area contributed by atoms with E-state index >= 15 is 0 Å². The highest BCUT2D eigenvalue weighted by atomic mass is 16.5. The summed E-state index contributed by atoms with van der Waals surface area (Å²) in [5, 5.41) is 8.62. The van der Waals surface area contributed by atoms with Crippen LogP contribution in [0, 0.1) is 5.92 Å². The molecule has 0 N–H and O–H groups in total. The first-order chi connectivity index (χ1) is 11.6. The van der Waals surface area contributed by atoms with Crippen LogP contribution in [0.4, 0.5) is 5.82 Å². The Labute approximate surface area is 143 Å². The van der Waals surface area contributed by atoms with Gasteiger partial charge in [0.05, 0.1) is 25.5 Å². The average Bonchev–Trinajstić information content (AvgIpc) is 2.83. The first kappa shape index (κ1) is 16.9. The third-order valence-corrected chi connectivity index (χ3v) is 4.37. The summed E-state index contributed by atoms with van der Waals surface area (Å²) in [5.41, 5.74) is 1.02. The normalized spacial score (nSPS) is 19.2. The second kappa shape index (κ2) is 7.72.